The number of nitrogens with zero attached hydrogens (tertiary/aromatic N) is 1. The highest BCUT2D eigenvalue weighted by atomic mass is 127. The van der Waals surface area contributed by atoms with Crippen molar-refractivity contribution in [3.8, 4) is 5.75 Å². The van der Waals surface area contributed by atoms with Crippen molar-refractivity contribution in [1.29, 1.82) is 0 Å². The van der Waals surface area contributed by atoms with Crippen LogP contribution in [0.25, 0.3) is 0 Å². The van der Waals surface area contributed by atoms with E-state index in [9.17, 15) is 13.2 Å². The zero-order valence-electron chi connectivity index (χ0n) is 14.0. The van der Waals surface area contributed by atoms with E-state index >= 15 is 0 Å². The molecule has 2 aromatic rings. The van der Waals surface area contributed by atoms with Gasteiger partial charge < -0.3 is 10.1 Å². The van der Waals surface area contributed by atoms with Crippen LogP contribution in [-0.4, -0.2) is 25.3 Å². The van der Waals surface area contributed by atoms with E-state index in [0.717, 1.165) is 3.57 Å². The first-order valence-corrected chi connectivity index (χ1v) is 10.7. The first-order chi connectivity index (χ1) is 12.2. The fraction of sp³-hybridized carbons (Fsp3) is 0.312. The van der Waals surface area contributed by atoms with Gasteiger partial charge in [-0.1, -0.05) is 11.6 Å². The lowest BCUT2D eigenvalue weighted by atomic mass is 10.3. The number of anilines is 3. The average molecular weight is 510 g/mol. The predicted octanol–water partition coefficient (Wildman–Crippen LogP) is 3.30. The van der Waals surface area contributed by atoms with E-state index in [-0.39, 0.29) is 22.8 Å². The fourth-order valence-corrected chi connectivity index (χ4v) is 4.71. The van der Waals surface area contributed by atoms with Gasteiger partial charge in [0.2, 0.25) is 10.0 Å². The maximum absolute atomic E-state index is 12.4. The molecule has 1 heterocycles. The Hall–Kier alpha value is -1.46. The van der Waals surface area contributed by atoms with Crippen molar-refractivity contribution in [3.63, 3.8) is 0 Å². The lowest BCUT2D eigenvalue weighted by Crippen LogP contribution is -2.24. The lowest BCUT2D eigenvalue weighted by molar-refractivity contribution is 0.415. The quantitative estimate of drug-likeness (QED) is 0.584. The number of ether oxygens (including phenoxy) is 1. The van der Waals surface area contributed by atoms with Gasteiger partial charge in [0, 0.05) is 16.7 Å². The van der Waals surface area contributed by atoms with Gasteiger partial charge in [-0.2, -0.15) is 0 Å². The lowest BCUT2D eigenvalue weighted by Gasteiger charge is -2.20. The summed E-state index contributed by atoms with van der Waals surface area (Å²) in [6.07, 6.45) is 1.24. The highest BCUT2D eigenvalue weighted by Gasteiger charge is 2.37. The summed E-state index contributed by atoms with van der Waals surface area (Å²) in [7, 11) is -0.632. The van der Waals surface area contributed by atoms with Crippen LogP contribution in [0.4, 0.5) is 17.2 Å². The molecule has 0 radical (unpaired) electrons. The topological polar surface area (TPSA) is 89.4 Å². The van der Waals surface area contributed by atoms with Gasteiger partial charge in [-0.05, 0) is 53.6 Å². The fourth-order valence-electron chi connectivity index (χ4n) is 2.40. The van der Waals surface area contributed by atoms with Crippen molar-refractivity contribution in [2.45, 2.75) is 18.1 Å². The minimum atomic E-state index is -3.55. The first-order valence-electron chi connectivity index (χ1n) is 7.74. The maximum atomic E-state index is 12.4. The van der Waals surface area contributed by atoms with Gasteiger partial charge in [0.1, 0.15) is 11.5 Å². The Balaban J connectivity index is 2.12. The van der Waals surface area contributed by atoms with Crippen LogP contribution in [0.1, 0.15) is 12.8 Å². The number of methoxy groups -OCH3 is 1. The molecule has 1 saturated carbocycles. The SMILES string of the molecule is COc1cc(=O)n(C)c(Nc2ccc(I)cc2Cl)c1NS(=O)(=O)C1CC1. The summed E-state index contributed by atoms with van der Waals surface area (Å²) >= 11 is 8.40. The molecule has 0 amide bonds. The zero-order valence-corrected chi connectivity index (χ0v) is 17.8. The molecule has 3 rings (SSSR count). The molecule has 26 heavy (non-hydrogen) atoms. The molecule has 1 aliphatic carbocycles. The van der Waals surface area contributed by atoms with Crippen molar-refractivity contribution >= 4 is 61.4 Å². The van der Waals surface area contributed by atoms with Gasteiger partial charge in [0.05, 0.1) is 23.1 Å². The number of nitrogens with one attached hydrogen (secondary N) is 2. The summed E-state index contributed by atoms with van der Waals surface area (Å²) in [6.45, 7) is 0. The van der Waals surface area contributed by atoms with Crippen LogP contribution < -0.4 is 20.3 Å². The Bertz CT molecular complexity index is 1020. The molecular formula is C16H17ClIN3O4S. The molecule has 1 aromatic carbocycles. The van der Waals surface area contributed by atoms with E-state index in [0.29, 0.717) is 23.6 Å². The van der Waals surface area contributed by atoms with Crippen molar-refractivity contribution < 1.29 is 13.2 Å². The van der Waals surface area contributed by atoms with Gasteiger partial charge in [-0.25, -0.2) is 8.42 Å². The molecule has 0 unspecified atom stereocenters. The predicted molar refractivity (Wildman–Crippen MR) is 111 cm³/mol. The van der Waals surface area contributed by atoms with Crippen LogP contribution in [0, 0.1) is 3.57 Å². The molecule has 0 spiro atoms. The van der Waals surface area contributed by atoms with E-state index in [1.54, 1.807) is 19.2 Å². The number of hydrogen-bond donors (Lipinski definition) is 2. The molecule has 1 aliphatic rings. The molecule has 2 N–H and O–H groups in total. The van der Waals surface area contributed by atoms with Gasteiger partial charge in [0.25, 0.3) is 5.56 Å². The second-order valence-electron chi connectivity index (χ2n) is 5.93. The van der Waals surface area contributed by atoms with E-state index in [1.807, 2.05) is 6.07 Å². The Morgan fingerprint density at radius 3 is 2.58 bits per heavy atom. The number of pyridine rings is 1. The monoisotopic (exact) mass is 509 g/mol. The highest BCUT2D eigenvalue weighted by Crippen LogP contribution is 2.38. The minimum Gasteiger partial charge on any atom is -0.494 e. The summed E-state index contributed by atoms with van der Waals surface area (Å²) in [5.41, 5.74) is 0.374. The molecule has 1 fully saturated rings. The number of hydrogen-bond acceptors (Lipinski definition) is 5. The van der Waals surface area contributed by atoms with E-state index in [4.69, 9.17) is 16.3 Å². The Morgan fingerprint density at radius 2 is 2.00 bits per heavy atom. The van der Waals surface area contributed by atoms with Crippen LogP contribution in [0.15, 0.2) is 29.1 Å². The average Bonchev–Trinajstić information content (AvgIpc) is 3.41. The zero-order chi connectivity index (χ0) is 19.1. The summed E-state index contributed by atoms with van der Waals surface area (Å²) in [4.78, 5) is 12.2. The molecule has 10 heteroatoms. The van der Waals surface area contributed by atoms with Crippen LogP contribution in [-0.2, 0) is 17.1 Å². The van der Waals surface area contributed by atoms with Crippen molar-refractivity contribution in [2.75, 3.05) is 17.1 Å². The third kappa shape index (κ3) is 3.94. The largest absolute Gasteiger partial charge is 0.494 e. The molecule has 0 saturated heterocycles. The highest BCUT2D eigenvalue weighted by molar-refractivity contribution is 14.1. The van der Waals surface area contributed by atoms with E-state index < -0.39 is 15.3 Å². The number of rotatable bonds is 6. The number of sulfonamides is 1. The van der Waals surface area contributed by atoms with Crippen LogP contribution in [0.3, 0.4) is 0 Å². The minimum absolute atomic E-state index is 0.140. The van der Waals surface area contributed by atoms with Crippen molar-refractivity contribution in [2.24, 2.45) is 7.05 Å². The molecule has 140 valence electrons. The number of aromatic nitrogens is 1. The summed E-state index contributed by atoms with van der Waals surface area (Å²) in [5, 5.41) is 3.08. The smallest absolute Gasteiger partial charge is 0.255 e. The molecular weight excluding hydrogens is 493 g/mol. The van der Waals surface area contributed by atoms with Gasteiger partial charge in [-0.3, -0.25) is 14.1 Å². The Labute approximate surface area is 169 Å². The molecule has 0 bridgehead atoms. The number of halogens is 2. The summed E-state index contributed by atoms with van der Waals surface area (Å²) in [5.74, 6) is 0.392. The van der Waals surface area contributed by atoms with Gasteiger partial charge in [0.15, 0.2) is 5.75 Å². The molecule has 0 atom stereocenters. The van der Waals surface area contributed by atoms with Gasteiger partial charge >= 0.3 is 0 Å². The third-order valence-electron chi connectivity index (χ3n) is 4.02. The van der Waals surface area contributed by atoms with E-state index in [1.165, 1.54) is 17.7 Å². The second kappa shape index (κ2) is 7.28. The second-order valence-corrected chi connectivity index (χ2v) is 9.54. The van der Waals surface area contributed by atoms with Crippen LogP contribution in [0.2, 0.25) is 5.02 Å². The summed E-state index contributed by atoms with van der Waals surface area (Å²) in [6, 6.07) is 6.61. The normalized spacial score (nSPS) is 14.2. The molecule has 0 aliphatic heterocycles. The first kappa shape index (κ1) is 19.3. The van der Waals surface area contributed by atoms with Crippen LogP contribution in [0.5, 0.6) is 5.75 Å². The molecule has 7 nitrogen and oxygen atoms in total. The summed E-state index contributed by atoms with van der Waals surface area (Å²) < 4.78 is 34.9. The standard InChI is InChI=1S/C16H17ClIN3O4S/c1-21-14(22)8-13(25-2)15(20-26(23,24)10-4-5-10)16(21)19-12-6-3-9(18)7-11(12)17/h3,6-8,10,19-20H,4-5H2,1-2H3. The Morgan fingerprint density at radius 1 is 1.31 bits per heavy atom. The maximum Gasteiger partial charge on any atom is 0.255 e. The molecule has 1 aromatic heterocycles. The Kier molecular flexibility index (Phi) is 5.40. The van der Waals surface area contributed by atoms with Gasteiger partial charge in [-0.15, -0.1) is 0 Å². The van der Waals surface area contributed by atoms with Crippen molar-refractivity contribution in [1.82, 2.24) is 4.57 Å². The van der Waals surface area contributed by atoms with E-state index in [2.05, 4.69) is 32.6 Å². The van der Waals surface area contributed by atoms with Crippen molar-refractivity contribution in [3.05, 3.63) is 43.2 Å². The third-order valence-corrected chi connectivity index (χ3v) is 6.84. The number of benzene rings is 1. The van der Waals surface area contributed by atoms with Crippen LogP contribution >= 0.6 is 34.2 Å².